The number of unbranched alkanes of at least 4 members (excludes halogenated alkanes) is 24. The van der Waals surface area contributed by atoms with Crippen LogP contribution in [0.3, 0.4) is 0 Å². The molecule has 0 bridgehead atoms. The zero-order valence-electron chi connectivity index (χ0n) is 47.7. The van der Waals surface area contributed by atoms with E-state index in [2.05, 4.69) is 55.4 Å². The maximum absolute atomic E-state index is 12.5. The first-order chi connectivity index (χ1) is 34.3. The highest BCUT2D eigenvalue weighted by molar-refractivity contribution is 7.91. The van der Waals surface area contributed by atoms with Crippen molar-refractivity contribution in [2.24, 2.45) is 0 Å². The summed E-state index contributed by atoms with van der Waals surface area (Å²) in [7, 11) is -4.33. The van der Waals surface area contributed by atoms with Crippen LogP contribution in [0, 0.1) is 0 Å². The molecule has 0 aliphatic carbocycles. The van der Waals surface area contributed by atoms with Gasteiger partial charge in [0.05, 0.1) is 74.1 Å². The van der Waals surface area contributed by atoms with Crippen LogP contribution in [0.5, 0.6) is 0 Å². The number of nitrogens with zero attached hydrogens (tertiary/aromatic N) is 2. The van der Waals surface area contributed by atoms with Crippen molar-refractivity contribution in [2.45, 2.75) is 271 Å². The van der Waals surface area contributed by atoms with Gasteiger partial charge in [0, 0.05) is 11.1 Å². The number of rotatable bonds is 44. The second-order valence-electron chi connectivity index (χ2n) is 21.0. The Kier molecular flexibility index (Phi) is 43.0. The second kappa shape index (κ2) is 44.7. The van der Waals surface area contributed by atoms with Crippen LogP contribution in [0.4, 0.5) is 0 Å². The third-order valence-corrected chi connectivity index (χ3v) is 16.6. The lowest BCUT2D eigenvalue weighted by Gasteiger charge is -2.39. The van der Waals surface area contributed by atoms with Gasteiger partial charge in [-0.25, -0.2) is 8.42 Å². The maximum atomic E-state index is 12.5. The first-order valence-corrected chi connectivity index (χ1v) is 31.4. The molecule has 2 aromatic carbocycles. The SMILES string of the molecule is CCCCCC[N+](CCCCCC)(CCCCCC)CCCCCC.CCCCCC[N+](CCCCCC)(CCCCCC)CCCCCC.O=C([O-])c1ccccc1S(=O)(=O)c1ccccc1C(=O)[O-]. The van der Waals surface area contributed by atoms with Crippen LogP contribution in [0.25, 0.3) is 0 Å². The Bertz CT molecular complexity index is 1460. The summed E-state index contributed by atoms with van der Waals surface area (Å²) in [5.41, 5.74) is -1.07. The highest BCUT2D eigenvalue weighted by atomic mass is 32.2. The van der Waals surface area contributed by atoms with Crippen molar-refractivity contribution in [3.63, 3.8) is 0 Å². The van der Waals surface area contributed by atoms with Crippen LogP contribution in [0.1, 0.15) is 282 Å². The van der Waals surface area contributed by atoms with Gasteiger partial charge in [-0.3, -0.25) is 0 Å². The maximum Gasteiger partial charge on any atom is 0.207 e. The predicted molar refractivity (Wildman–Crippen MR) is 300 cm³/mol. The van der Waals surface area contributed by atoms with Gasteiger partial charge in [0.2, 0.25) is 9.84 Å². The fourth-order valence-corrected chi connectivity index (χ4v) is 11.8. The van der Waals surface area contributed by atoms with Crippen molar-refractivity contribution in [2.75, 3.05) is 52.4 Å². The number of benzene rings is 2. The third kappa shape index (κ3) is 31.6. The zero-order valence-corrected chi connectivity index (χ0v) is 48.5. The van der Waals surface area contributed by atoms with Crippen molar-refractivity contribution in [1.29, 1.82) is 0 Å². The van der Waals surface area contributed by atoms with E-state index in [0.29, 0.717) is 0 Å². The van der Waals surface area contributed by atoms with E-state index < -0.39 is 42.7 Å². The van der Waals surface area contributed by atoms with E-state index >= 15 is 0 Å². The average Bonchev–Trinajstić information content (AvgIpc) is 3.37. The molecule has 0 fully saturated rings. The normalized spacial score (nSPS) is 11.7. The van der Waals surface area contributed by atoms with Gasteiger partial charge >= 0.3 is 0 Å². The van der Waals surface area contributed by atoms with Gasteiger partial charge in [0.25, 0.3) is 0 Å². The van der Waals surface area contributed by atoms with E-state index in [1.54, 1.807) is 0 Å². The largest absolute Gasteiger partial charge is 0.545 e. The summed E-state index contributed by atoms with van der Waals surface area (Å²) < 4.78 is 27.9. The molecule has 0 heterocycles. The summed E-state index contributed by atoms with van der Waals surface area (Å²) in [5, 5.41) is 22.0. The highest BCUT2D eigenvalue weighted by Gasteiger charge is 2.28. The molecule has 412 valence electrons. The van der Waals surface area contributed by atoms with E-state index in [4.69, 9.17) is 0 Å². The van der Waals surface area contributed by atoms with Gasteiger partial charge in [0.1, 0.15) is 0 Å². The van der Waals surface area contributed by atoms with Gasteiger partial charge < -0.3 is 28.8 Å². The molecule has 9 heteroatoms. The number of sulfone groups is 1. The number of quaternary nitrogens is 2. The molecule has 0 spiro atoms. The van der Waals surface area contributed by atoms with E-state index in [9.17, 15) is 28.2 Å². The van der Waals surface area contributed by atoms with Crippen molar-refractivity contribution in [3.8, 4) is 0 Å². The van der Waals surface area contributed by atoms with Gasteiger partial charge in [-0.2, -0.15) is 0 Å². The Labute approximate surface area is 439 Å². The third-order valence-electron chi connectivity index (χ3n) is 14.7. The Balaban J connectivity index is 0.00000104. The van der Waals surface area contributed by atoms with E-state index in [0.717, 1.165) is 24.3 Å². The molecule has 0 aromatic heterocycles. The van der Waals surface area contributed by atoms with Crippen LogP contribution in [-0.4, -0.2) is 81.7 Å². The molecular formula is C62H112N2O6S. The lowest BCUT2D eigenvalue weighted by atomic mass is 10.1. The summed E-state index contributed by atoms with van der Waals surface area (Å²) in [4.78, 5) is 21.0. The summed E-state index contributed by atoms with van der Waals surface area (Å²) >= 11 is 0. The molecule has 0 aliphatic heterocycles. The first-order valence-electron chi connectivity index (χ1n) is 29.9. The molecule has 0 unspecified atom stereocenters. The summed E-state index contributed by atoms with van der Waals surface area (Å²) in [6, 6.07) is 9.65. The fraction of sp³-hybridized carbons (Fsp3) is 0.774. The van der Waals surface area contributed by atoms with Crippen molar-refractivity contribution < 1.29 is 37.2 Å². The minimum absolute atomic E-state index is 0.529. The average molecular weight is 1010 g/mol. The molecule has 0 saturated carbocycles. The Hall–Kier alpha value is -2.75. The first kappa shape index (κ1) is 68.2. The summed E-state index contributed by atoms with van der Waals surface area (Å²) in [6.07, 6.45) is 45.7. The lowest BCUT2D eigenvalue weighted by molar-refractivity contribution is -0.929. The van der Waals surface area contributed by atoms with Gasteiger partial charge in [0.15, 0.2) is 0 Å². The van der Waals surface area contributed by atoms with Crippen molar-refractivity contribution in [3.05, 3.63) is 59.7 Å². The minimum atomic E-state index is -4.33. The van der Waals surface area contributed by atoms with Crippen LogP contribution in [0.2, 0.25) is 0 Å². The van der Waals surface area contributed by atoms with Crippen LogP contribution < -0.4 is 10.2 Å². The van der Waals surface area contributed by atoms with Crippen molar-refractivity contribution in [1.82, 2.24) is 0 Å². The standard InChI is InChI=1S/2C24H52N.C14H10O6S/c2*1-5-9-13-17-21-25(22-18-14-10-6-2,23-19-15-11-7-3)24-20-16-12-8-4;15-13(16)9-5-1-3-7-11(9)21(19,20)12-8-4-2-6-10(12)14(17)18/h2*5-24H2,1-4H3;1-8H,(H,15,16)(H,17,18)/q2*+1;/p-2. The van der Waals surface area contributed by atoms with Crippen LogP contribution in [-0.2, 0) is 9.84 Å². The lowest BCUT2D eigenvalue weighted by Crippen LogP contribution is -2.50. The highest BCUT2D eigenvalue weighted by Crippen LogP contribution is 2.27. The molecule has 0 aliphatic rings. The summed E-state index contributed by atoms with van der Waals surface area (Å²) in [5.74, 6) is -3.33. The summed E-state index contributed by atoms with van der Waals surface area (Å²) in [6.45, 7) is 30.4. The topological polar surface area (TPSA) is 114 Å². The molecule has 2 rings (SSSR count). The van der Waals surface area contributed by atoms with Crippen molar-refractivity contribution >= 4 is 21.8 Å². The number of carbonyl (C=O) groups is 2. The van der Waals surface area contributed by atoms with Gasteiger partial charge in [-0.1, -0.05) is 195 Å². The molecule has 0 amide bonds. The van der Waals surface area contributed by atoms with Gasteiger partial charge in [-0.05, 0) is 115 Å². The Morgan fingerprint density at radius 1 is 0.324 bits per heavy atom. The molecule has 8 nitrogen and oxygen atoms in total. The van der Waals surface area contributed by atoms with Gasteiger partial charge in [-0.15, -0.1) is 0 Å². The quantitative estimate of drug-likeness (QED) is 0.0482. The molecule has 0 N–H and O–H groups in total. The zero-order chi connectivity index (χ0) is 52.9. The molecular weight excluding hydrogens is 901 g/mol. The predicted octanol–water partition coefficient (Wildman–Crippen LogP) is 15.5. The smallest absolute Gasteiger partial charge is 0.207 e. The number of carboxylic acid groups (broad SMARTS) is 2. The minimum Gasteiger partial charge on any atom is -0.545 e. The van der Waals surface area contributed by atoms with E-state index in [1.807, 2.05) is 0 Å². The van der Waals surface area contributed by atoms with Crippen LogP contribution in [0.15, 0.2) is 58.3 Å². The van der Waals surface area contributed by atoms with E-state index in [-0.39, 0.29) is 0 Å². The number of hydrogen-bond donors (Lipinski definition) is 0. The van der Waals surface area contributed by atoms with E-state index in [1.165, 1.54) is 291 Å². The monoisotopic (exact) mass is 1010 g/mol. The molecule has 0 atom stereocenters. The number of carbonyl (C=O) groups excluding carboxylic acids is 2. The molecule has 71 heavy (non-hydrogen) atoms. The number of carboxylic acids is 2. The number of hydrogen-bond acceptors (Lipinski definition) is 6. The number of aromatic carboxylic acids is 2. The molecule has 0 saturated heterocycles. The van der Waals surface area contributed by atoms with Crippen LogP contribution >= 0.6 is 0 Å². The molecule has 2 aromatic rings. The Morgan fingerprint density at radius 2 is 0.507 bits per heavy atom. The fourth-order valence-electron chi connectivity index (χ4n) is 10.2. The second-order valence-corrected chi connectivity index (χ2v) is 22.9. The molecule has 0 radical (unpaired) electrons. The Morgan fingerprint density at radius 3 is 0.676 bits per heavy atom.